The van der Waals surface area contributed by atoms with Crippen molar-refractivity contribution in [3.05, 3.63) is 35.9 Å². The normalized spacial score (nSPS) is 22.4. The van der Waals surface area contributed by atoms with Crippen LogP contribution in [0, 0.1) is 11.3 Å². The van der Waals surface area contributed by atoms with Gasteiger partial charge in [-0.2, -0.15) is 0 Å². The molecule has 2 aliphatic heterocycles. The Hall–Kier alpha value is -2.45. The number of nitrogens with one attached hydrogen (secondary N) is 2. The molecule has 4 rings (SSSR count). The van der Waals surface area contributed by atoms with Gasteiger partial charge in [-0.25, -0.2) is 0 Å². The quantitative estimate of drug-likeness (QED) is 0.462. The number of rotatable bonds is 9. The summed E-state index contributed by atoms with van der Waals surface area (Å²) in [5.41, 5.74) is 5.40. The first-order valence-corrected chi connectivity index (χ1v) is 13.2. The maximum Gasteiger partial charge on any atom is 0.242 e. The Bertz CT molecular complexity index is 857. The molecule has 1 saturated carbocycles. The van der Waals surface area contributed by atoms with E-state index in [-0.39, 0.29) is 5.91 Å². The summed E-state index contributed by atoms with van der Waals surface area (Å²) in [5.74, 6) is -0.785. The second kappa shape index (κ2) is 12.0. The highest BCUT2D eigenvalue weighted by Crippen LogP contribution is 2.38. The first kappa shape index (κ1) is 25.6. The van der Waals surface area contributed by atoms with Gasteiger partial charge >= 0.3 is 0 Å². The molecule has 8 nitrogen and oxygen atoms in total. The second-order valence-corrected chi connectivity index (χ2v) is 10.4. The van der Waals surface area contributed by atoms with E-state index < -0.39 is 23.3 Å². The van der Waals surface area contributed by atoms with Crippen LogP contribution >= 0.6 is 0 Å². The summed E-state index contributed by atoms with van der Waals surface area (Å²) in [6.07, 6.45) is 7.16. The van der Waals surface area contributed by atoms with Gasteiger partial charge in [0.1, 0.15) is 11.5 Å². The van der Waals surface area contributed by atoms with Crippen molar-refractivity contribution < 1.29 is 19.1 Å². The summed E-state index contributed by atoms with van der Waals surface area (Å²) >= 11 is 0. The number of nitrogens with zero attached hydrogens (tertiary/aromatic N) is 1. The van der Waals surface area contributed by atoms with E-state index in [9.17, 15) is 14.4 Å². The van der Waals surface area contributed by atoms with Crippen molar-refractivity contribution in [3.63, 3.8) is 0 Å². The summed E-state index contributed by atoms with van der Waals surface area (Å²) in [5, 5.41) is 5.99. The van der Waals surface area contributed by atoms with E-state index in [1.807, 2.05) is 30.3 Å². The molecular formula is C27H40N4O4. The fourth-order valence-electron chi connectivity index (χ4n) is 5.86. The predicted molar refractivity (Wildman–Crippen MR) is 133 cm³/mol. The van der Waals surface area contributed by atoms with Gasteiger partial charge in [0.15, 0.2) is 0 Å². The van der Waals surface area contributed by atoms with Crippen molar-refractivity contribution in [2.75, 3.05) is 32.8 Å². The molecule has 3 fully saturated rings. The van der Waals surface area contributed by atoms with Crippen LogP contribution in [0.15, 0.2) is 30.3 Å². The minimum atomic E-state index is -1.20. The molecule has 1 aromatic carbocycles. The van der Waals surface area contributed by atoms with Gasteiger partial charge in [0.05, 0.1) is 0 Å². The standard InChI is InChI=1S/C27H40N4O4/c28-25(33)27(12-4-5-13-27)26(34)30-23(18-20-6-2-1-3-7-20)24(32)29-19-21-8-14-31(15-9-21)22-10-16-35-17-11-22/h1-3,6-7,21-23H,4-5,8-19H2,(H2,28,33)(H,29,32)(H,30,34)/t23-/m1/s1. The van der Waals surface area contributed by atoms with Crippen molar-refractivity contribution >= 4 is 17.7 Å². The molecular weight excluding hydrogens is 444 g/mol. The van der Waals surface area contributed by atoms with Crippen LogP contribution in [-0.2, 0) is 25.5 Å². The highest BCUT2D eigenvalue weighted by molar-refractivity contribution is 6.05. The maximum atomic E-state index is 13.3. The lowest BCUT2D eigenvalue weighted by Gasteiger charge is -2.39. The average molecular weight is 485 g/mol. The van der Waals surface area contributed by atoms with E-state index in [0.29, 0.717) is 37.8 Å². The number of primary amides is 1. The molecule has 0 unspecified atom stereocenters. The zero-order valence-electron chi connectivity index (χ0n) is 20.7. The summed E-state index contributed by atoms with van der Waals surface area (Å²) in [4.78, 5) is 41.2. The molecule has 1 aromatic rings. The Morgan fingerprint density at radius 3 is 2.31 bits per heavy atom. The largest absolute Gasteiger partial charge is 0.381 e. The number of ether oxygens (including phenoxy) is 1. The first-order valence-electron chi connectivity index (χ1n) is 13.2. The second-order valence-electron chi connectivity index (χ2n) is 10.4. The molecule has 3 amide bonds. The summed E-state index contributed by atoms with van der Waals surface area (Å²) in [7, 11) is 0. The van der Waals surface area contributed by atoms with Gasteiger partial charge in [0.2, 0.25) is 17.7 Å². The number of hydrogen-bond acceptors (Lipinski definition) is 5. The number of nitrogens with two attached hydrogens (primary N) is 1. The molecule has 1 aliphatic carbocycles. The smallest absolute Gasteiger partial charge is 0.242 e. The van der Waals surface area contributed by atoms with E-state index in [4.69, 9.17) is 10.5 Å². The Labute approximate surface area is 208 Å². The fourth-order valence-corrected chi connectivity index (χ4v) is 5.86. The third-order valence-electron chi connectivity index (χ3n) is 8.19. The van der Waals surface area contributed by atoms with Crippen LogP contribution in [0.5, 0.6) is 0 Å². The van der Waals surface area contributed by atoms with Crippen molar-refractivity contribution in [1.29, 1.82) is 0 Å². The van der Waals surface area contributed by atoms with E-state index in [1.165, 1.54) is 0 Å². The number of likely N-dealkylation sites (tertiary alicyclic amines) is 1. The van der Waals surface area contributed by atoms with Gasteiger partial charge < -0.3 is 26.0 Å². The Morgan fingerprint density at radius 1 is 1.03 bits per heavy atom. The molecule has 0 bridgehead atoms. The van der Waals surface area contributed by atoms with Crippen LogP contribution in [0.1, 0.15) is 56.9 Å². The van der Waals surface area contributed by atoms with Gasteiger partial charge in [-0.15, -0.1) is 0 Å². The van der Waals surface area contributed by atoms with E-state index in [2.05, 4.69) is 15.5 Å². The molecule has 0 aromatic heterocycles. The van der Waals surface area contributed by atoms with Gasteiger partial charge in [-0.1, -0.05) is 43.2 Å². The molecule has 2 saturated heterocycles. The van der Waals surface area contributed by atoms with Gasteiger partial charge in [-0.3, -0.25) is 14.4 Å². The average Bonchev–Trinajstić information content (AvgIpc) is 3.40. The van der Waals surface area contributed by atoms with Gasteiger partial charge in [0, 0.05) is 32.2 Å². The van der Waals surface area contributed by atoms with Crippen molar-refractivity contribution in [3.8, 4) is 0 Å². The zero-order chi connectivity index (χ0) is 24.7. The maximum absolute atomic E-state index is 13.3. The van der Waals surface area contributed by atoms with Crippen LogP contribution in [0.4, 0.5) is 0 Å². The lowest BCUT2D eigenvalue weighted by Crippen LogP contribution is -2.56. The Kier molecular flexibility index (Phi) is 8.78. The number of amides is 3. The molecule has 192 valence electrons. The van der Waals surface area contributed by atoms with E-state index in [1.54, 1.807) is 0 Å². The SMILES string of the molecule is NC(=O)C1(C(=O)N[C@H](Cc2ccccc2)C(=O)NCC2CCN(C3CCOCC3)CC2)CCCC1. The van der Waals surface area contributed by atoms with Crippen molar-refractivity contribution in [1.82, 2.24) is 15.5 Å². The van der Waals surface area contributed by atoms with Crippen LogP contribution in [-0.4, -0.2) is 67.6 Å². The molecule has 0 spiro atoms. The summed E-state index contributed by atoms with van der Waals surface area (Å²) in [6.45, 7) is 4.41. The van der Waals surface area contributed by atoms with Crippen LogP contribution in [0.25, 0.3) is 0 Å². The van der Waals surface area contributed by atoms with Crippen LogP contribution in [0.2, 0.25) is 0 Å². The number of benzene rings is 1. The Morgan fingerprint density at radius 2 is 1.69 bits per heavy atom. The molecule has 3 aliphatic rings. The number of carbonyl (C=O) groups is 3. The van der Waals surface area contributed by atoms with E-state index >= 15 is 0 Å². The number of hydrogen-bond donors (Lipinski definition) is 3. The number of carbonyl (C=O) groups excluding carboxylic acids is 3. The predicted octanol–water partition coefficient (Wildman–Crippen LogP) is 1.77. The summed E-state index contributed by atoms with van der Waals surface area (Å²) in [6, 6.07) is 9.52. The fraction of sp³-hybridized carbons (Fsp3) is 0.667. The third kappa shape index (κ3) is 6.41. The van der Waals surface area contributed by atoms with Crippen molar-refractivity contribution in [2.45, 2.75) is 69.9 Å². The zero-order valence-corrected chi connectivity index (χ0v) is 20.7. The highest BCUT2D eigenvalue weighted by Gasteiger charge is 2.47. The van der Waals surface area contributed by atoms with Gasteiger partial charge in [-0.05, 0) is 63.1 Å². The molecule has 1 atom stereocenters. The van der Waals surface area contributed by atoms with Crippen LogP contribution in [0.3, 0.4) is 0 Å². The van der Waals surface area contributed by atoms with E-state index in [0.717, 1.165) is 70.4 Å². The lowest BCUT2D eigenvalue weighted by atomic mass is 9.84. The first-order chi connectivity index (χ1) is 17.0. The summed E-state index contributed by atoms with van der Waals surface area (Å²) < 4.78 is 5.49. The monoisotopic (exact) mass is 484 g/mol. The van der Waals surface area contributed by atoms with Crippen molar-refractivity contribution in [2.24, 2.45) is 17.1 Å². The Balaban J connectivity index is 1.34. The number of piperidine rings is 1. The molecule has 4 N–H and O–H groups in total. The molecule has 0 radical (unpaired) electrons. The molecule has 35 heavy (non-hydrogen) atoms. The minimum absolute atomic E-state index is 0.202. The molecule has 2 heterocycles. The molecule has 8 heteroatoms. The van der Waals surface area contributed by atoms with Crippen LogP contribution < -0.4 is 16.4 Å². The third-order valence-corrected chi connectivity index (χ3v) is 8.19. The minimum Gasteiger partial charge on any atom is -0.381 e. The van der Waals surface area contributed by atoms with Gasteiger partial charge in [0.25, 0.3) is 0 Å². The lowest BCUT2D eigenvalue weighted by molar-refractivity contribution is -0.143. The topological polar surface area (TPSA) is 114 Å². The highest BCUT2D eigenvalue weighted by atomic mass is 16.5.